The van der Waals surface area contributed by atoms with E-state index in [0.717, 1.165) is 51.6 Å². The number of nitrogens with one attached hydrogen (secondary N) is 2. The molecule has 0 aliphatic carbocycles. The van der Waals surface area contributed by atoms with Crippen LogP contribution in [0.5, 0.6) is 0 Å². The van der Waals surface area contributed by atoms with E-state index in [0.29, 0.717) is 0 Å². The number of nitrogens with zero attached hydrogens (tertiary/aromatic N) is 2. The van der Waals surface area contributed by atoms with Crippen LogP contribution in [0.3, 0.4) is 0 Å². The molecule has 5 nitrogen and oxygen atoms in total. The summed E-state index contributed by atoms with van der Waals surface area (Å²) >= 11 is 0. The maximum Gasteiger partial charge on any atom is 0.191 e. The van der Waals surface area contributed by atoms with Crippen LogP contribution in [0.25, 0.3) is 10.8 Å². The number of hydrogen-bond acceptors (Lipinski definition) is 3. The van der Waals surface area contributed by atoms with Gasteiger partial charge in [-0.15, -0.1) is 0 Å². The highest BCUT2D eigenvalue weighted by Crippen LogP contribution is 2.15. The molecule has 0 aliphatic heterocycles. The lowest BCUT2D eigenvalue weighted by Crippen LogP contribution is -2.41. The van der Waals surface area contributed by atoms with Gasteiger partial charge in [-0.05, 0) is 36.2 Å². The molecule has 0 heterocycles. The number of ether oxygens (including phenoxy) is 1. The number of hydrogen-bond donors (Lipinski definition) is 2. The summed E-state index contributed by atoms with van der Waals surface area (Å²) in [6.07, 6.45) is 2.04. The van der Waals surface area contributed by atoms with Crippen LogP contribution >= 0.6 is 0 Å². The molecule has 142 valence electrons. The number of benzene rings is 2. The van der Waals surface area contributed by atoms with Gasteiger partial charge in [0.2, 0.25) is 0 Å². The number of fused-ring (bicyclic) bond motifs is 1. The zero-order chi connectivity index (χ0) is 18.6. The second-order valence-corrected chi connectivity index (χ2v) is 6.51. The van der Waals surface area contributed by atoms with Crippen LogP contribution < -0.4 is 10.6 Å². The van der Waals surface area contributed by atoms with Gasteiger partial charge in [0.1, 0.15) is 0 Å². The van der Waals surface area contributed by atoms with Crippen LogP contribution in [0.1, 0.15) is 12.0 Å². The lowest BCUT2D eigenvalue weighted by Gasteiger charge is -2.18. The van der Waals surface area contributed by atoms with Crippen molar-refractivity contribution < 1.29 is 4.74 Å². The standard InChI is InChI=1S/C21H32N4O/c1-22-21(24-13-15-25(2)14-6-16-26-3)23-12-11-18-9-10-19-7-4-5-8-20(19)17-18/h4-5,7-10,17H,6,11-16H2,1-3H3,(H2,22,23,24). The fourth-order valence-corrected chi connectivity index (χ4v) is 2.90. The van der Waals surface area contributed by atoms with E-state index in [1.165, 1.54) is 16.3 Å². The number of aliphatic imine (C=N–C) groups is 1. The predicted octanol–water partition coefficient (Wildman–Crippen LogP) is 2.52. The number of rotatable bonds is 10. The summed E-state index contributed by atoms with van der Waals surface area (Å²) < 4.78 is 5.09. The van der Waals surface area contributed by atoms with E-state index in [4.69, 9.17) is 4.74 Å². The maximum atomic E-state index is 5.09. The van der Waals surface area contributed by atoms with E-state index in [9.17, 15) is 0 Å². The molecule has 0 aliphatic rings. The van der Waals surface area contributed by atoms with Crippen molar-refractivity contribution in [2.24, 2.45) is 4.99 Å². The van der Waals surface area contributed by atoms with Crippen LogP contribution in [-0.2, 0) is 11.2 Å². The molecule has 2 N–H and O–H groups in total. The van der Waals surface area contributed by atoms with Crippen molar-refractivity contribution in [1.29, 1.82) is 0 Å². The lowest BCUT2D eigenvalue weighted by molar-refractivity contribution is 0.180. The van der Waals surface area contributed by atoms with Crippen molar-refractivity contribution in [1.82, 2.24) is 15.5 Å². The predicted molar refractivity (Wildman–Crippen MR) is 111 cm³/mol. The average Bonchev–Trinajstić information content (AvgIpc) is 2.67. The van der Waals surface area contributed by atoms with Crippen LogP contribution in [0.15, 0.2) is 47.5 Å². The van der Waals surface area contributed by atoms with Crippen molar-refractivity contribution in [3.63, 3.8) is 0 Å². The molecule has 0 atom stereocenters. The van der Waals surface area contributed by atoms with Crippen molar-refractivity contribution in [2.75, 3.05) is 54.0 Å². The first-order chi connectivity index (χ1) is 12.7. The van der Waals surface area contributed by atoms with Gasteiger partial charge in [-0.25, -0.2) is 0 Å². The van der Waals surface area contributed by atoms with Crippen molar-refractivity contribution in [3.8, 4) is 0 Å². The fraction of sp³-hybridized carbons (Fsp3) is 0.476. The summed E-state index contributed by atoms with van der Waals surface area (Å²) in [4.78, 5) is 6.60. The highest BCUT2D eigenvalue weighted by atomic mass is 16.5. The third-order valence-corrected chi connectivity index (χ3v) is 4.42. The number of guanidine groups is 1. The second kappa shape index (κ2) is 11.5. The molecule has 2 rings (SSSR count). The SMILES string of the molecule is CN=C(NCCc1ccc2ccccc2c1)NCCN(C)CCCOC. The Morgan fingerprint density at radius 1 is 1.04 bits per heavy atom. The minimum Gasteiger partial charge on any atom is -0.385 e. The first-order valence-corrected chi connectivity index (χ1v) is 9.32. The molecule has 5 heteroatoms. The summed E-state index contributed by atoms with van der Waals surface area (Å²) in [6.45, 7) is 4.58. The van der Waals surface area contributed by atoms with Crippen LogP contribution in [0, 0.1) is 0 Å². The third kappa shape index (κ3) is 7.02. The van der Waals surface area contributed by atoms with E-state index >= 15 is 0 Å². The van der Waals surface area contributed by atoms with Crippen LogP contribution in [0.2, 0.25) is 0 Å². The zero-order valence-electron chi connectivity index (χ0n) is 16.3. The Morgan fingerprint density at radius 3 is 2.58 bits per heavy atom. The first-order valence-electron chi connectivity index (χ1n) is 9.32. The first kappa shape index (κ1) is 20.2. The Kier molecular flexibility index (Phi) is 8.93. The quantitative estimate of drug-likeness (QED) is 0.390. The molecular weight excluding hydrogens is 324 g/mol. The van der Waals surface area contributed by atoms with E-state index in [1.807, 2.05) is 7.05 Å². The van der Waals surface area contributed by atoms with Gasteiger partial charge in [0.05, 0.1) is 0 Å². The van der Waals surface area contributed by atoms with Gasteiger partial charge >= 0.3 is 0 Å². The highest BCUT2D eigenvalue weighted by Gasteiger charge is 2.01. The van der Waals surface area contributed by atoms with E-state index in [2.05, 4.69) is 70.0 Å². The largest absolute Gasteiger partial charge is 0.385 e. The summed E-state index contributed by atoms with van der Waals surface area (Å²) in [5.41, 5.74) is 1.34. The molecule has 26 heavy (non-hydrogen) atoms. The second-order valence-electron chi connectivity index (χ2n) is 6.51. The van der Waals surface area contributed by atoms with Gasteiger partial charge in [-0.3, -0.25) is 4.99 Å². The summed E-state index contributed by atoms with van der Waals surface area (Å²) in [5.74, 6) is 0.857. The van der Waals surface area contributed by atoms with E-state index in [-0.39, 0.29) is 0 Å². The smallest absolute Gasteiger partial charge is 0.191 e. The molecule has 0 saturated heterocycles. The van der Waals surface area contributed by atoms with E-state index < -0.39 is 0 Å². The van der Waals surface area contributed by atoms with Gasteiger partial charge in [-0.2, -0.15) is 0 Å². The van der Waals surface area contributed by atoms with Gasteiger partial charge in [0, 0.05) is 46.9 Å². The molecule has 2 aromatic rings. The van der Waals surface area contributed by atoms with Gasteiger partial charge < -0.3 is 20.3 Å². The summed E-state index contributed by atoms with van der Waals surface area (Å²) in [6, 6.07) is 15.1. The van der Waals surface area contributed by atoms with Gasteiger partial charge in [0.25, 0.3) is 0 Å². The molecule has 0 fully saturated rings. The van der Waals surface area contributed by atoms with Gasteiger partial charge in [-0.1, -0.05) is 42.5 Å². The molecule has 0 radical (unpaired) electrons. The summed E-state index contributed by atoms with van der Waals surface area (Å²) in [7, 11) is 5.69. The van der Waals surface area contributed by atoms with Crippen molar-refractivity contribution in [3.05, 3.63) is 48.0 Å². The Bertz CT molecular complexity index is 687. The fourth-order valence-electron chi connectivity index (χ4n) is 2.90. The molecule has 0 saturated carbocycles. The summed E-state index contributed by atoms with van der Waals surface area (Å²) in [5, 5.41) is 9.35. The Hall–Kier alpha value is -2.11. The van der Waals surface area contributed by atoms with E-state index in [1.54, 1.807) is 7.11 Å². The molecule has 0 bridgehead atoms. The monoisotopic (exact) mass is 356 g/mol. The minimum absolute atomic E-state index is 0.815. The molecule has 0 spiro atoms. The lowest BCUT2D eigenvalue weighted by atomic mass is 10.1. The third-order valence-electron chi connectivity index (χ3n) is 4.42. The van der Waals surface area contributed by atoms with Crippen LogP contribution in [-0.4, -0.2) is 64.9 Å². The Labute approximate surface area is 157 Å². The topological polar surface area (TPSA) is 48.9 Å². The molecular formula is C21H32N4O. The van der Waals surface area contributed by atoms with Crippen molar-refractivity contribution in [2.45, 2.75) is 12.8 Å². The van der Waals surface area contributed by atoms with Crippen molar-refractivity contribution >= 4 is 16.7 Å². The molecule has 0 unspecified atom stereocenters. The Morgan fingerprint density at radius 2 is 1.81 bits per heavy atom. The molecule has 0 amide bonds. The molecule has 0 aromatic heterocycles. The van der Waals surface area contributed by atoms with Crippen LogP contribution in [0.4, 0.5) is 0 Å². The number of methoxy groups -OCH3 is 1. The maximum absolute atomic E-state index is 5.09. The highest BCUT2D eigenvalue weighted by molar-refractivity contribution is 5.83. The molecule has 2 aromatic carbocycles. The number of likely N-dealkylation sites (N-methyl/N-ethyl adjacent to an activating group) is 1. The normalized spacial score (nSPS) is 11.9. The minimum atomic E-state index is 0.815. The van der Waals surface area contributed by atoms with Gasteiger partial charge in [0.15, 0.2) is 5.96 Å². The average molecular weight is 357 g/mol. The zero-order valence-corrected chi connectivity index (χ0v) is 16.3. The Balaban J connectivity index is 1.68.